The molecule has 2 aromatic rings. The number of ether oxygens (including phenoxy) is 2. The fourth-order valence-corrected chi connectivity index (χ4v) is 2.34. The molecule has 0 fully saturated rings. The van der Waals surface area contributed by atoms with Crippen LogP contribution in [0.15, 0.2) is 40.9 Å². The first-order valence-electron chi connectivity index (χ1n) is 7.51. The first kappa shape index (κ1) is 19.2. The highest BCUT2D eigenvalue weighted by Gasteiger charge is 2.22. The van der Waals surface area contributed by atoms with Crippen molar-refractivity contribution < 1.29 is 23.0 Å². The van der Waals surface area contributed by atoms with Crippen molar-refractivity contribution in [3.8, 4) is 5.75 Å². The van der Waals surface area contributed by atoms with E-state index < -0.39 is 29.1 Å². The summed E-state index contributed by atoms with van der Waals surface area (Å²) in [5.74, 6) is -2.39. The molecule has 1 N–H and O–H groups in total. The molecule has 0 bridgehead atoms. The maximum atomic E-state index is 14.4. The van der Waals surface area contributed by atoms with Crippen LogP contribution in [-0.2, 0) is 11.3 Å². The summed E-state index contributed by atoms with van der Waals surface area (Å²) in [6.07, 6.45) is -0.815. The Bertz CT molecular complexity index is 761. The summed E-state index contributed by atoms with van der Waals surface area (Å²) in [6, 6.07) is 9.96. The van der Waals surface area contributed by atoms with Gasteiger partial charge in [0.15, 0.2) is 17.4 Å². The van der Waals surface area contributed by atoms with Crippen molar-refractivity contribution in [2.24, 2.45) is 0 Å². The Hall–Kier alpha value is -2.15. The second kappa shape index (κ2) is 7.82. The Morgan fingerprint density at radius 1 is 1.20 bits per heavy atom. The number of benzene rings is 2. The lowest BCUT2D eigenvalue weighted by Gasteiger charge is -2.20. The molecule has 0 saturated carbocycles. The molecule has 0 aliphatic heterocycles. The van der Waals surface area contributed by atoms with Gasteiger partial charge in [0.05, 0.1) is 10.2 Å². The highest BCUT2D eigenvalue weighted by Crippen LogP contribution is 2.35. The number of hydrogen-bond donors (Lipinski definition) is 1. The lowest BCUT2D eigenvalue weighted by atomic mass is 10.2. The Morgan fingerprint density at radius 3 is 2.44 bits per heavy atom. The number of nitrogens with one attached hydrogen (secondary N) is 1. The second-order valence-electron chi connectivity index (χ2n) is 6.26. The summed E-state index contributed by atoms with van der Waals surface area (Å²) in [6.45, 7) is 5.07. The van der Waals surface area contributed by atoms with Crippen molar-refractivity contribution in [1.82, 2.24) is 0 Å². The Morgan fingerprint density at radius 2 is 1.84 bits per heavy atom. The molecule has 7 heteroatoms. The van der Waals surface area contributed by atoms with Crippen molar-refractivity contribution in [2.45, 2.75) is 33.0 Å². The molecule has 0 spiro atoms. The van der Waals surface area contributed by atoms with Crippen molar-refractivity contribution in [2.75, 3.05) is 5.32 Å². The zero-order chi connectivity index (χ0) is 18.6. The largest absolute Gasteiger partial charge is 0.483 e. The zero-order valence-corrected chi connectivity index (χ0v) is 15.6. The molecule has 0 aromatic heterocycles. The number of rotatable bonds is 4. The predicted molar refractivity (Wildman–Crippen MR) is 94.7 cm³/mol. The molecule has 0 heterocycles. The average molecular weight is 414 g/mol. The molecule has 4 nitrogen and oxygen atoms in total. The van der Waals surface area contributed by atoms with Crippen LogP contribution in [0.3, 0.4) is 0 Å². The molecule has 25 heavy (non-hydrogen) atoms. The molecule has 134 valence electrons. The van der Waals surface area contributed by atoms with Gasteiger partial charge in [-0.05, 0) is 42.3 Å². The third-order valence-electron chi connectivity index (χ3n) is 2.98. The highest BCUT2D eigenvalue weighted by molar-refractivity contribution is 9.10. The van der Waals surface area contributed by atoms with Crippen LogP contribution in [0.2, 0.25) is 0 Å². The molecule has 2 aromatic carbocycles. The van der Waals surface area contributed by atoms with Gasteiger partial charge in [-0.3, -0.25) is 5.32 Å². The molecule has 0 saturated heterocycles. The highest BCUT2D eigenvalue weighted by atomic mass is 79.9. The topological polar surface area (TPSA) is 47.6 Å². The van der Waals surface area contributed by atoms with Gasteiger partial charge in [0.1, 0.15) is 12.2 Å². The van der Waals surface area contributed by atoms with E-state index in [4.69, 9.17) is 9.47 Å². The van der Waals surface area contributed by atoms with E-state index in [9.17, 15) is 13.6 Å². The van der Waals surface area contributed by atoms with Gasteiger partial charge >= 0.3 is 6.09 Å². The van der Waals surface area contributed by atoms with E-state index in [0.29, 0.717) is 0 Å². The predicted octanol–water partition coefficient (Wildman–Crippen LogP) is 5.65. The maximum absolute atomic E-state index is 14.4. The number of amides is 1. The second-order valence-corrected chi connectivity index (χ2v) is 7.06. The van der Waals surface area contributed by atoms with Crippen LogP contribution in [0.5, 0.6) is 5.75 Å². The minimum atomic E-state index is -0.943. The van der Waals surface area contributed by atoms with Crippen LogP contribution in [0.25, 0.3) is 0 Å². The van der Waals surface area contributed by atoms with Gasteiger partial charge < -0.3 is 9.47 Å². The van der Waals surface area contributed by atoms with Crippen molar-refractivity contribution in [3.05, 3.63) is 58.1 Å². The lowest BCUT2D eigenvalue weighted by Crippen LogP contribution is -2.27. The third-order valence-corrected chi connectivity index (χ3v) is 3.75. The number of hydrogen-bond acceptors (Lipinski definition) is 3. The van der Waals surface area contributed by atoms with Gasteiger partial charge in [0, 0.05) is 6.07 Å². The standard InChI is InChI=1S/C18H18BrF2NO3/c1-18(2,3)25-17(23)22-13-9-12(20)16(15(21)14(13)19)24-10-11-7-5-4-6-8-11/h4-9H,10H2,1-3H3,(H,22,23). The Balaban J connectivity index is 2.16. The number of halogens is 3. The minimum absolute atomic E-state index is 0.0139. The summed E-state index contributed by atoms with van der Waals surface area (Å²) in [5.41, 5.74) is -0.0449. The van der Waals surface area contributed by atoms with Gasteiger partial charge in [-0.25, -0.2) is 13.6 Å². The fraction of sp³-hybridized carbons (Fsp3) is 0.278. The molecular formula is C18H18BrF2NO3. The quantitative estimate of drug-likeness (QED) is 0.658. The first-order valence-corrected chi connectivity index (χ1v) is 8.31. The first-order chi connectivity index (χ1) is 11.7. The molecule has 0 radical (unpaired) electrons. The zero-order valence-electron chi connectivity index (χ0n) is 14.0. The molecule has 0 unspecified atom stereocenters. The van der Waals surface area contributed by atoms with Crippen LogP contribution in [0.4, 0.5) is 19.3 Å². The van der Waals surface area contributed by atoms with Crippen LogP contribution >= 0.6 is 15.9 Å². The molecule has 0 atom stereocenters. The molecular weight excluding hydrogens is 396 g/mol. The van der Waals surface area contributed by atoms with Crippen molar-refractivity contribution >= 4 is 27.7 Å². The Kier molecular flexibility index (Phi) is 6.00. The number of carbonyl (C=O) groups excluding carboxylic acids is 1. The molecule has 1 amide bonds. The van der Waals surface area contributed by atoms with Crippen LogP contribution < -0.4 is 10.1 Å². The van der Waals surface area contributed by atoms with E-state index >= 15 is 0 Å². The molecule has 0 aliphatic carbocycles. The van der Waals surface area contributed by atoms with Crippen molar-refractivity contribution in [3.63, 3.8) is 0 Å². The van der Waals surface area contributed by atoms with E-state index in [1.807, 2.05) is 6.07 Å². The van der Waals surface area contributed by atoms with E-state index in [1.165, 1.54) is 0 Å². The van der Waals surface area contributed by atoms with Gasteiger partial charge in [-0.2, -0.15) is 0 Å². The van der Waals surface area contributed by atoms with E-state index in [1.54, 1.807) is 45.0 Å². The number of carbonyl (C=O) groups is 1. The van der Waals surface area contributed by atoms with Gasteiger partial charge in [0.2, 0.25) is 0 Å². The molecule has 2 rings (SSSR count). The van der Waals surface area contributed by atoms with Crippen LogP contribution in [0, 0.1) is 11.6 Å². The maximum Gasteiger partial charge on any atom is 0.412 e. The monoisotopic (exact) mass is 413 g/mol. The smallest absolute Gasteiger partial charge is 0.412 e. The lowest BCUT2D eigenvalue weighted by molar-refractivity contribution is 0.0635. The van der Waals surface area contributed by atoms with Gasteiger partial charge in [-0.15, -0.1) is 0 Å². The molecule has 0 aliphatic rings. The number of anilines is 1. The minimum Gasteiger partial charge on any atom is -0.483 e. The van der Waals surface area contributed by atoms with E-state index in [2.05, 4.69) is 21.2 Å². The van der Waals surface area contributed by atoms with Crippen molar-refractivity contribution in [1.29, 1.82) is 0 Å². The summed E-state index contributed by atoms with van der Waals surface area (Å²) in [5, 5.41) is 2.31. The van der Waals surface area contributed by atoms with Crippen LogP contribution in [-0.4, -0.2) is 11.7 Å². The normalized spacial score (nSPS) is 11.1. The fourth-order valence-electron chi connectivity index (χ4n) is 1.94. The van der Waals surface area contributed by atoms with Gasteiger partial charge in [-0.1, -0.05) is 30.3 Å². The van der Waals surface area contributed by atoms with Gasteiger partial charge in [0.25, 0.3) is 0 Å². The van der Waals surface area contributed by atoms with E-state index in [0.717, 1.165) is 11.6 Å². The van der Waals surface area contributed by atoms with Crippen LogP contribution in [0.1, 0.15) is 26.3 Å². The summed E-state index contributed by atoms with van der Waals surface area (Å²) in [4.78, 5) is 11.8. The summed E-state index contributed by atoms with van der Waals surface area (Å²) >= 11 is 3.01. The average Bonchev–Trinajstić information content (AvgIpc) is 2.51. The summed E-state index contributed by atoms with van der Waals surface area (Å²) < 4.78 is 38.8. The summed E-state index contributed by atoms with van der Waals surface area (Å²) in [7, 11) is 0. The third kappa shape index (κ3) is 5.42. The van der Waals surface area contributed by atoms with E-state index in [-0.39, 0.29) is 16.8 Å². The SMILES string of the molecule is CC(C)(C)OC(=O)Nc1cc(F)c(OCc2ccccc2)c(F)c1Br. The Labute approximate surface area is 153 Å².